The summed E-state index contributed by atoms with van der Waals surface area (Å²) >= 11 is 1.30. The van der Waals surface area contributed by atoms with E-state index < -0.39 is 0 Å². The van der Waals surface area contributed by atoms with Gasteiger partial charge in [0.1, 0.15) is 11.5 Å². The third kappa shape index (κ3) is 5.43. The van der Waals surface area contributed by atoms with Gasteiger partial charge < -0.3 is 19.4 Å². The number of hydrogen-bond acceptors (Lipinski definition) is 7. The zero-order chi connectivity index (χ0) is 22.4. The summed E-state index contributed by atoms with van der Waals surface area (Å²) in [6.07, 6.45) is 0. The molecule has 3 aromatic rings. The lowest BCUT2D eigenvalue weighted by Crippen LogP contribution is -2.14. The van der Waals surface area contributed by atoms with Gasteiger partial charge in [0, 0.05) is 29.4 Å². The lowest BCUT2D eigenvalue weighted by molar-refractivity contribution is -0.113. The van der Waals surface area contributed by atoms with Crippen LogP contribution >= 0.6 is 11.8 Å². The molecule has 0 saturated carbocycles. The van der Waals surface area contributed by atoms with Crippen LogP contribution in [0.25, 0.3) is 11.4 Å². The Morgan fingerprint density at radius 2 is 1.68 bits per heavy atom. The summed E-state index contributed by atoms with van der Waals surface area (Å²) < 4.78 is 12.6. The Bertz CT molecular complexity index is 1060. The second-order valence-corrected chi connectivity index (χ2v) is 7.56. The van der Waals surface area contributed by atoms with Crippen LogP contribution in [0.5, 0.6) is 11.5 Å². The fraction of sp³-hybridized carbons (Fsp3) is 0.273. The summed E-state index contributed by atoms with van der Waals surface area (Å²) in [5.74, 6) is 1.97. The molecule has 0 saturated heterocycles. The van der Waals surface area contributed by atoms with Gasteiger partial charge in [0.15, 0.2) is 16.8 Å². The molecule has 1 N–H and O–H groups in total. The fourth-order valence-electron chi connectivity index (χ4n) is 2.95. The number of carbonyl (C=O) groups is 2. The quantitative estimate of drug-likeness (QED) is 0.398. The molecule has 0 atom stereocenters. The highest BCUT2D eigenvalue weighted by atomic mass is 32.2. The van der Waals surface area contributed by atoms with Gasteiger partial charge in [-0.1, -0.05) is 11.8 Å². The number of ketones is 1. The van der Waals surface area contributed by atoms with E-state index in [2.05, 4.69) is 15.5 Å². The van der Waals surface area contributed by atoms with Crippen LogP contribution in [0.15, 0.2) is 47.6 Å². The highest BCUT2D eigenvalue weighted by molar-refractivity contribution is 7.99. The molecule has 0 aliphatic rings. The van der Waals surface area contributed by atoms with E-state index in [1.54, 1.807) is 44.6 Å². The number of thioether (sulfide) groups is 1. The van der Waals surface area contributed by atoms with Crippen molar-refractivity contribution in [2.75, 3.05) is 25.3 Å². The Morgan fingerprint density at radius 1 is 1.03 bits per heavy atom. The lowest BCUT2D eigenvalue weighted by atomic mass is 10.1. The minimum atomic E-state index is -0.171. The van der Waals surface area contributed by atoms with Crippen molar-refractivity contribution in [1.82, 2.24) is 14.8 Å². The largest absolute Gasteiger partial charge is 0.497 e. The minimum absolute atomic E-state index is 0.0169. The van der Waals surface area contributed by atoms with Crippen molar-refractivity contribution >= 4 is 29.1 Å². The first-order valence-corrected chi connectivity index (χ1v) is 10.6. The molecule has 31 heavy (non-hydrogen) atoms. The maximum Gasteiger partial charge on any atom is 0.234 e. The third-order valence-electron chi connectivity index (χ3n) is 4.55. The van der Waals surface area contributed by atoms with Gasteiger partial charge in [0.25, 0.3) is 0 Å². The van der Waals surface area contributed by atoms with E-state index in [1.807, 2.05) is 23.6 Å². The number of anilines is 1. The van der Waals surface area contributed by atoms with Crippen molar-refractivity contribution in [2.45, 2.75) is 25.5 Å². The Morgan fingerprint density at radius 3 is 2.23 bits per heavy atom. The zero-order valence-corrected chi connectivity index (χ0v) is 18.7. The van der Waals surface area contributed by atoms with Crippen LogP contribution in [0, 0.1) is 0 Å². The second-order valence-electron chi connectivity index (χ2n) is 6.62. The van der Waals surface area contributed by atoms with Crippen LogP contribution in [-0.4, -0.2) is 46.4 Å². The monoisotopic (exact) mass is 440 g/mol. The molecular formula is C22H24N4O4S. The van der Waals surface area contributed by atoms with E-state index >= 15 is 0 Å². The number of nitrogens with one attached hydrogen (secondary N) is 1. The maximum atomic E-state index is 12.4. The van der Waals surface area contributed by atoms with E-state index in [1.165, 1.54) is 18.7 Å². The smallest absolute Gasteiger partial charge is 0.234 e. The Hall–Kier alpha value is -3.33. The number of Topliss-reactive ketones (excluding diaryl/α,β-unsaturated/α-hetero) is 1. The molecular weight excluding hydrogens is 416 g/mol. The number of ether oxygens (including phenoxy) is 2. The molecule has 3 rings (SSSR count). The highest BCUT2D eigenvalue weighted by Crippen LogP contribution is 2.30. The van der Waals surface area contributed by atoms with Crippen molar-refractivity contribution in [3.05, 3.63) is 48.0 Å². The van der Waals surface area contributed by atoms with Crippen LogP contribution in [0.1, 0.15) is 24.2 Å². The van der Waals surface area contributed by atoms with Crippen LogP contribution < -0.4 is 14.8 Å². The van der Waals surface area contributed by atoms with Gasteiger partial charge in [0.05, 0.1) is 20.0 Å². The number of methoxy groups -OCH3 is 2. The first-order chi connectivity index (χ1) is 14.9. The molecule has 0 bridgehead atoms. The molecule has 0 fully saturated rings. The number of amides is 1. The standard InChI is InChI=1S/C22H24N4O4S/c1-5-26-21(16-10-18(29-3)12-19(11-16)30-4)24-25-22(26)31-13-20(28)23-17-8-6-15(7-9-17)14(2)27/h6-12H,5,13H2,1-4H3,(H,23,28). The Balaban J connectivity index is 1.71. The predicted molar refractivity (Wildman–Crippen MR) is 120 cm³/mol. The van der Waals surface area contributed by atoms with Crippen molar-refractivity contribution in [2.24, 2.45) is 0 Å². The molecule has 0 radical (unpaired) electrons. The van der Waals surface area contributed by atoms with Gasteiger partial charge in [-0.25, -0.2) is 0 Å². The number of nitrogens with zero attached hydrogens (tertiary/aromatic N) is 3. The van der Waals surface area contributed by atoms with Crippen molar-refractivity contribution in [1.29, 1.82) is 0 Å². The SMILES string of the molecule is CCn1c(SCC(=O)Nc2ccc(C(C)=O)cc2)nnc1-c1cc(OC)cc(OC)c1. The Labute approximate surface area is 185 Å². The van der Waals surface area contributed by atoms with Crippen molar-refractivity contribution < 1.29 is 19.1 Å². The summed E-state index contributed by atoms with van der Waals surface area (Å²) in [6.45, 7) is 4.13. The highest BCUT2D eigenvalue weighted by Gasteiger charge is 2.16. The fourth-order valence-corrected chi connectivity index (χ4v) is 3.75. The zero-order valence-electron chi connectivity index (χ0n) is 17.8. The number of benzene rings is 2. The predicted octanol–water partition coefficient (Wildman–Crippen LogP) is 3.92. The van der Waals surface area contributed by atoms with E-state index in [9.17, 15) is 9.59 Å². The maximum absolute atomic E-state index is 12.4. The van der Waals surface area contributed by atoms with Gasteiger partial charge in [-0.2, -0.15) is 0 Å². The number of rotatable bonds is 9. The summed E-state index contributed by atoms with van der Waals surface area (Å²) in [5, 5.41) is 12.0. The van der Waals surface area contributed by atoms with Gasteiger partial charge >= 0.3 is 0 Å². The molecule has 0 aliphatic carbocycles. The second kappa shape index (κ2) is 10.1. The first kappa shape index (κ1) is 22.4. The molecule has 8 nitrogen and oxygen atoms in total. The van der Waals surface area contributed by atoms with Crippen molar-refractivity contribution in [3.8, 4) is 22.9 Å². The average Bonchev–Trinajstić information content (AvgIpc) is 3.20. The van der Waals surface area contributed by atoms with Crippen LogP contribution in [0.3, 0.4) is 0 Å². The molecule has 9 heteroatoms. The third-order valence-corrected chi connectivity index (χ3v) is 5.52. The molecule has 0 spiro atoms. The molecule has 2 aromatic carbocycles. The number of aromatic nitrogens is 3. The molecule has 162 valence electrons. The molecule has 0 unspecified atom stereocenters. The van der Waals surface area contributed by atoms with E-state index in [0.29, 0.717) is 40.3 Å². The molecule has 1 aromatic heterocycles. The van der Waals surface area contributed by atoms with E-state index in [0.717, 1.165) is 5.56 Å². The van der Waals surface area contributed by atoms with Crippen LogP contribution in [0.4, 0.5) is 5.69 Å². The summed E-state index contributed by atoms with van der Waals surface area (Å²) in [5.41, 5.74) is 2.05. The van der Waals surface area contributed by atoms with E-state index in [4.69, 9.17) is 9.47 Å². The van der Waals surface area contributed by atoms with Gasteiger partial charge in [0.2, 0.25) is 5.91 Å². The topological polar surface area (TPSA) is 95.3 Å². The van der Waals surface area contributed by atoms with Gasteiger partial charge in [-0.3, -0.25) is 9.59 Å². The number of hydrogen-bond donors (Lipinski definition) is 1. The summed E-state index contributed by atoms with van der Waals surface area (Å²) in [6, 6.07) is 12.3. The summed E-state index contributed by atoms with van der Waals surface area (Å²) in [7, 11) is 3.19. The van der Waals surface area contributed by atoms with Gasteiger partial charge in [-0.15, -0.1) is 10.2 Å². The average molecular weight is 441 g/mol. The first-order valence-electron chi connectivity index (χ1n) is 9.65. The molecule has 1 heterocycles. The molecule has 1 amide bonds. The number of carbonyl (C=O) groups excluding carboxylic acids is 2. The van der Waals surface area contributed by atoms with Crippen LogP contribution in [-0.2, 0) is 11.3 Å². The lowest BCUT2D eigenvalue weighted by Gasteiger charge is -2.10. The van der Waals surface area contributed by atoms with Crippen LogP contribution in [0.2, 0.25) is 0 Å². The Kier molecular flexibility index (Phi) is 7.30. The van der Waals surface area contributed by atoms with E-state index in [-0.39, 0.29) is 17.4 Å². The van der Waals surface area contributed by atoms with Crippen molar-refractivity contribution in [3.63, 3.8) is 0 Å². The van der Waals surface area contributed by atoms with Gasteiger partial charge in [-0.05, 0) is 50.2 Å². The molecule has 0 aliphatic heterocycles. The summed E-state index contributed by atoms with van der Waals surface area (Å²) in [4.78, 5) is 23.7. The minimum Gasteiger partial charge on any atom is -0.497 e. The normalized spacial score (nSPS) is 10.6.